The van der Waals surface area contributed by atoms with Gasteiger partial charge < -0.3 is 15.5 Å². The van der Waals surface area contributed by atoms with Crippen molar-refractivity contribution in [1.29, 1.82) is 10.8 Å². The molecule has 1 aliphatic rings. The van der Waals surface area contributed by atoms with Crippen LogP contribution < -0.4 is 5.32 Å². The lowest BCUT2D eigenvalue weighted by molar-refractivity contribution is -0.136. The molecular formula is C17H21N5O2S. The standard InChI is InChI=1S/C17H21N5O2S/c1-9(17(23)24-4)6-5-7-20-16-14-13(21-8-22-16)12(15(19)25-14)10(2)11(3)18/h8,18-19H,1,5-7H2,2-4H3,(H,20,21,22)/b12-10-,18-11?,19-15?. The van der Waals surface area contributed by atoms with Crippen molar-refractivity contribution in [3.05, 3.63) is 29.7 Å². The van der Waals surface area contributed by atoms with Crippen molar-refractivity contribution in [3.8, 4) is 0 Å². The van der Waals surface area contributed by atoms with Crippen LogP contribution in [0.3, 0.4) is 0 Å². The summed E-state index contributed by atoms with van der Waals surface area (Å²) in [7, 11) is 1.34. The Morgan fingerprint density at radius 3 is 2.76 bits per heavy atom. The van der Waals surface area contributed by atoms with E-state index in [9.17, 15) is 4.79 Å². The van der Waals surface area contributed by atoms with Gasteiger partial charge in [-0.1, -0.05) is 18.3 Å². The van der Waals surface area contributed by atoms with Crippen LogP contribution in [0.2, 0.25) is 0 Å². The Hall–Kier alpha value is -2.48. The second kappa shape index (κ2) is 8.06. The van der Waals surface area contributed by atoms with E-state index in [4.69, 9.17) is 10.8 Å². The summed E-state index contributed by atoms with van der Waals surface area (Å²) >= 11 is 1.29. The minimum absolute atomic E-state index is 0.377. The number of nitrogens with one attached hydrogen (secondary N) is 3. The molecule has 1 aromatic heterocycles. The van der Waals surface area contributed by atoms with E-state index in [1.807, 2.05) is 6.92 Å². The number of methoxy groups -OCH3 is 1. The van der Waals surface area contributed by atoms with Gasteiger partial charge in [0.05, 0.1) is 17.7 Å². The number of carbonyl (C=O) groups is 1. The number of fused-ring (bicyclic) bond motifs is 1. The Bertz CT molecular complexity index is 785. The monoisotopic (exact) mass is 359 g/mol. The number of allylic oxidation sites excluding steroid dienone is 1. The fraction of sp³-hybridized carbons (Fsp3) is 0.353. The zero-order valence-corrected chi connectivity index (χ0v) is 15.3. The van der Waals surface area contributed by atoms with E-state index in [1.54, 1.807) is 6.92 Å². The van der Waals surface area contributed by atoms with E-state index in [0.29, 0.717) is 52.8 Å². The second-order valence-electron chi connectivity index (χ2n) is 5.58. The highest BCUT2D eigenvalue weighted by Crippen LogP contribution is 2.44. The van der Waals surface area contributed by atoms with Crippen molar-refractivity contribution in [3.63, 3.8) is 0 Å². The minimum atomic E-state index is -0.390. The van der Waals surface area contributed by atoms with Crippen LogP contribution in [-0.2, 0) is 9.53 Å². The van der Waals surface area contributed by atoms with Crippen molar-refractivity contribution in [2.45, 2.75) is 31.6 Å². The van der Waals surface area contributed by atoms with Crippen molar-refractivity contribution >= 4 is 39.9 Å². The summed E-state index contributed by atoms with van der Waals surface area (Å²) in [5.74, 6) is 0.271. The third kappa shape index (κ3) is 4.14. The zero-order valence-electron chi connectivity index (χ0n) is 14.5. The number of anilines is 1. The average molecular weight is 359 g/mol. The third-order valence-corrected chi connectivity index (χ3v) is 4.83. The highest BCUT2D eigenvalue weighted by atomic mass is 32.2. The summed E-state index contributed by atoms with van der Waals surface area (Å²) in [5, 5.41) is 19.6. The fourth-order valence-corrected chi connectivity index (χ4v) is 3.35. The molecule has 2 heterocycles. The highest BCUT2D eigenvalue weighted by Gasteiger charge is 2.29. The molecule has 0 aromatic carbocycles. The number of thioether (sulfide) groups is 1. The Kier molecular flexibility index (Phi) is 6.08. The summed E-state index contributed by atoms with van der Waals surface area (Å²) < 4.78 is 4.62. The van der Waals surface area contributed by atoms with Crippen LogP contribution in [0.15, 0.2) is 28.9 Å². The van der Waals surface area contributed by atoms with Crippen molar-refractivity contribution < 1.29 is 9.53 Å². The quantitative estimate of drug-likeness (QED) is 0.298. The molecule has 7 nitrogen and oxygen atoms in total. The predicted octanol–water partition coefficient (Wildman–Crippen LogP) is 3.29. The van der Waals surface area contributed by atoms with Gasteiger partial charge in [-0.25, -0.2) is 14.8 Å². The molecule has 132 valence electrons. The molecule has 25 heavy (non-hydrogen) atoms. The Morgan fingerprint density at radius 1 is 1.40 bits per heavy atom. The van der Waals surface area contributed by atoms with Gasteiger partial charge in [0, 0.05) is 23.4 Å². The molecule has 0 aliphatic carbocycles. The van der Waals surface area contributed by atoms with E-state index in [0.717, 1.165) is 10.5 Å². The first-order valence-electron chi connectivity index (χ1n) is 7.75. The molecule has 0 saturated heterocycles. The van der Waals surface area contributed by atoms with Crippen LogP contribution in [0.25, 0.3) is 5.57 Å². The Balaban J connectivity index is 2.10. The van der Waals surface area contributed by atoms with Crippen LogP contribution in [0.1, 0.15) is 32.4 Å². The first-order chi connectivity index (χ1) is 11.9. The zero-order chi connectivity index (χ0) is 18.6. The molecule has 0 atom stereocenters. The predicted molar refractivity (Wildman–Crippen MR) is 100 cm³/mol. The van der Waals surface area contributed by atoms with E-state index >= 15 is 0 Å². The first kappa shape index (κ1) is 18.9. The molecule has 1 aliphatic heterocycles. The van der Waals surface area contributed by atoms with Gasteiger partial charge in [-0.2, -0.15) is 0 Å². The number of esters is 1. The van der Waals surface area contributed by atoms with Gasteiger partial charge in [-0.3, -0.25) is 5.41 Å². The fourth-order valence-electron chi connectivity index (χ4n) is 2.33. The number of hydrogen-bond donors (Lipinski definition) is 3. The van der Waals surface area contributed by atoms with Crippen molar-refractivity contribution in [1.82, 2.24) is 9.97 Å². The Labute approximate surface area is 151 Å². The summed E-state index contributed by atoms with van der Waals surface area (Å²) in [6.07, 6.45) is 2.70. The molecule has 0 saturated carbocycles. The maximum Gasteiger partial charge on any atom is 0.333 e. The average Bonchev–Trinajstić information content (AvgIpc) is 2.93. The maximum absolute atomic E-state index is 11.3. The van der Waals surface area contributed by atoms with Gasteiger partial charge in [0.2, 0.25) is 0 Å². The van der Waals surface area contributed by atoms with E-state index < -0.39 is 0 Å². The van der Waals surface area contributed by atoms with Crippen LogP contribution in [0.4, 0.5) is 5.82 Å². The smallest absolute Gasteiger partial charge is 0.333 e. The van der Waals surface area contributed by atoms with Gasteiger partial charge in [0.25, 0.3) is 0 Å². The topological polar surface area (TPSA) is 112 Å². The van der Waals surface area contributed by atoms with Gasteiger partial charge >= 0.3 is 5.97 Å². The molecule has 8 heteroatoms. The van der Waals surface area contributed by atoms with Gasteiger partial charge in [0.1, 0.15) is 17.2 Å². The molecule has 0 radical (unpaired) electrons. The number of nitrogens with zero attached hydrogens (tertiary/aromatic N) is 2. The van der Waals surface area contributed by atoms with Crippen molar-refractivity contribution in [2.75, 3.05) is 19.0 Å². The Morgan fingerprint density at radius 2 is 2.12 bits per heavy atom. The van der Waals surface area contributed by atoms with E-state index in [1.165, 1.54) is 25.2 Å². The van der Waals surface area contributed by atoms with Gasteiger partial charge in [-0.05, 0) is 32.3 Å². The van der Waals surface area contributed by atoms with Crippen LogP contribution in [0, 0.1) is 10.8 Å². The molecule has 0 fully saturated rings. The number of rotatable bonds is 7. The van der Waals surface area contributed by atoms with Crippen molar-refractivity contribution in [2.24, 2.45) is 0 Å². The summed E-state index contributed by atoms with van der Waals surface area (Å²) in [4.78, 5) is 20.7. The molecule has 0 bridgehead atoms. The number of ether oxygens (including phenoxy) is 1. The molecule has 2 rings (SSSR count). The normalized spacial score (nSPS) is 14.8. The minimum Gasteiger partial charge on any atom is -0.466 e. The maximum atomic E-state index is 11.3. The molecule has 0 spiro atoms. The van der Waals surface area contributed by atoms with Crippen LogP contribution >= 0.6 is 11.8 Å². The van der Waals surface area contributed by atoms with E-state index in [2.05, 4.69) is 26.6 Å². The lowest BCUT2D eigenvalue weighted by atomic mass is 10.0. The lowest BCUT2D eigenvalue weighted by Crippen LogP contribution is -2.08. The number of carbonyl (C=O) groups excluding carboxylic acids is 1. The molecule has 1 aromatic rings. The molecule has 3 N–H and O–H groups in total. The lowest BCUT2D eigenvalue weighted by Gasteiger charge is -2.09. The third-order valence-electron chi connectivity index (χ3n) is 3.83. The summed E-state index contributed by atoms with van der Waals surface area (Å²) in [6.45, 7) is 7.83. The molecule has 0 amide bonds. The van der Waals surface area contributed by atoms with Crippen LogP contribution in [-0.4, -0.2) is 40.3 Å². The summed E-state index contributed by atoms with van der Waals surface area (Å²) in [5.41, 5.74) is 2.99. The van der Waals surface area contributed by atoms with E-state index in [-0.39, 0.29) is 5.97 Å². The highest BCUT2D eigenvalue weighted by molar-refractivity contribution is 8.15. The first-order valence-corrected chi connectivity index (χ1v) is 8.57. The second-order valence-corrected chi connectivity index (χ2v) is 6.60. The molecular weight excluding hydrogens is 338 g/mol. The summed E-state index contributed by atoms with van der Waals surface area (Å²) in [6, 6.07) is 0. The van der Waals surface area contributed by atoms with Gasteiger partial charge in [0.15, 0.2) is 0 Å². The SMILES string of the molecule is C=C(CCCNc1ncnc2c1SC(=N)/C2=C(/C)C(C)=N)C(=O)OC. The van der Waals surface area contributed by atoms with Crippen LogP contribution in [0.5, 0.6) is 0 Å². The number of aromatic nitrogens is 2. The largest absolute Gasteiger partial charge is 0.466 e. The van der Waals surface area contributed by atoms with Gasteiger partial charge in [-0.15, -0.1) is 0 Å². The number of hydrogen-bond acceptors (Lipinski definition) is 8. The molecule has 0 unspecified atom stereocenters.